The summed E-state index contributed by atoms with van der Waals surface area (Å²) in [6.07, 6.45) is -1.80. The van der Waals surface area contributed by atoms with Gasteiger partial charge in [-0.25, -0.2) is 4.79 Å². The van der Waals surface area contributed by atoms with Gasteiger partial charge in [-0.2, -0.15) is 13.2 Å². The lowest BCUT2D eigenvalue weighted by molar-refractivity contribution is -0.137. The number of hydrogen-bond donors (Lipinski definition) is 1. The molecule has 0 bridgehead atoms. The maximum absolute atomic E-state index is 12.8. The fraction of sp³-hybridized carbons (Fsp3) is 0.381. The summed E-state index contributed by atoms with van der Waals surface area (Å²) < 4.78 is 43.5. The van der Waals surface area contributed by atoms with Crippen LogP contribution in [0.5, 0.6) is 0 Å². The molecular formula is C21H24F3NO2. The predicted molar refractivity (Wildman–Crippen MR) is 98.7 cm³/mol. The van der Waals surface area contributed by atoms with Gasteiger partial charge in [0.1, 0.15) is 0 Å². The lowest BCUT2D eigenvalue weighted by Crippen LogP contribution is -2.25. The summed E-state index contributed by atoms with van der Waals surface area (Å²) in [6, 6.07) is 12.9. The van der Waals surface area contributed by atoms with E-state index in [1.807, 2.05) is 31.2 Å². The van der Waals surface area contributed by atoms with Crippen molar-refractivity contribution in [3.8, 4) is 0 Å². The van der Waals surface area contributed by atoms with Crippen molar-refractivity contribution in [1.29, 1.82) is 0 Å². The zero-order valence-corrected chi connectivity index (χ0v) is 15.3. The molecule has 6 heteroatoms. The minimum Gasteiger partial charge on any atom is -0.449 e. The molecule has 2 aromatic rings. The van der Waals surface area contributed by atoms with Crippen LogP contribution in [0.15, 0.2) is 48.5 Å². The summed E-state index contributed by atoms with van der Waals surface area (Å²) in [5.74, 6) is 0. The average Bonchev–Trinajstić information content (AvgIpc) is 2.63. The van der Waals surface area contributed by atoms with Crippen LogP contribution >= 0.6 is 0 Å². The van der Waals surface area contributed by atoms with E-state index in [-0.39, 0.29) is 6.61 Å². The first-order valence-electron chi connectivity index (χ1n) is 9.03. The summed E-state index contributed by atoms with van der Waals surface area (Å²) in [5, 5.41) is 2.68. The molecule has 0 heterocycles. The number of nitrogens with one attached hydrogen (secondary N) is 1. The van der Waals surface area contributed by atoms with Gasteiger partial charge in [-0.15, -0.1) is 0 Å². The normalized spacial score (nSPS) is 11.3. The fourth-order valence-corrected chi connectivity index (χ4v) is 2.60. The van der Waals surface area contributed by atoms with Crippen molar-refractivity contribution in [3.63, 3.8) is 0 Å². The molecule has 0 aliphatic rings. The lowest BCUT2D eigenvalue weighted by atomic mass is 10.0. The molecule has 1 amide bonds. The Morgan fingerprint density at radius 1 is 1.04 bits per heavy atom. The summed E-state index contributed by atoms with van der Waals surface area (Å²) in [7, 11) is 0. The van der Waals surface area contributed by atoms with E-state index in [1.165, 1.54) is 12.1 Å². The van der Waals surface area contributed by atoms with E-state index >= 15 is 0 Å². The number of halogens is 3. The van der Waals surface area contributed by atoms with Gasteiger partial charge < -0.3 is 10.1 Å². The van der Waals surface area contributed by atoms with Crippen LogP contribution in [-0.4, -0.2) is 19.2 Å². The van der Waals surface area contributed by atoms with Gasteiger partial charge in [0, 0.05) is 13.0 Å². The molecule has 0 aromatic heterocycles. The van der Waals surface area contributed by atoms with Crippen molar-refractivity contribution in [1.82, 2.24) is 5.32 Å². The molecular weight excluding hydrogens is 355 g/mol. The van der Waals surface area contributed by atoms with Crippen LogP contribution in [0.4, 0.5) is 18.0 Å². The van der Waals surface area contributed by atoms with Gasteiger partial charge >= 0.3 is 12.3 Å². The molecule has 0 unspecified atom stereocenters. The summed E-state index contributed by atoms with van der Waals surface area (Å²) in [5.41, 5.74) is 1.91. The quantitative estimate of drug-likeness (QED) is 0.627. The molecule has 146 valence electrons. The van der Waals surface area contributed by atoms with Gasteiger partial charge in [0.2, 0.25) is 0 Å². The molecule has 3 nitrogen and oxygen atoms in total. The minimum absolute atomic E-state index is 0.283. The fourth-order valence-electron chi connectivity index (χ4n) is 2.60. The highest BCUT2D eigenvalue weighted by molar-refractivity contribution is 5.67. The molecule has 0 atom stereocenters. The van der Waals surface area contributed by atoms with Crippen molar-refractivity contribution >= 4 is 6.09 Å². The number of carbonyl (C=O) groups excluding carboxylic acids is 1. The largest absolute Gasteiger partial charge is 0.449 e. The van der Waals surface area contributed by atoms with E-state index in [0.29, 0.717) is 24.9 Å². The Kier molecular flexibility index (Phi) is 7.70. The molecule has 0 fully saturated rings. The summed E-state index contributed by atoms with van der Waals surface area (Å²) >= 11 is 0. The third-order valence-electron chi connectivity index (χ3n) is 4.11. The molecule has 2 aromatic carbocycles. The monoisotopic (exact) mass is 379 g/mol. The number of rotatable bonds is 8. The summed E-state index contributed by atoms with van der Waals surface area (Å²) in [6.45, 7) is 2.94. The highest BCUT2D eigenvalue weighted by Gasteiger charge is 2.30. The molecule has 0 aliphatic heterocycles. The van der Waals surface area contributed by atoms with Crippen molar-refractivity contribution < 1.29 is 22.7 Å². The van der Waals surface area contributed by atoms with E-state index in [2.05, 4.69) is 5.32 Å². The number of carbonyl (C=O) groups is 1. The maximum Gasteiger partial charge on any atom is 0.416 e. The van der Waals surface area contributed by atoms with Gasteiger partial charge in [-0.1, -0.05) is 55.8 Å². The topological polar surface area (TPSA) is 38.3 Å². The number of alkyl carbamates (subject to hydrolysis) is 1. The Labute approximate surface area is 157 Å². The van der Waals surface area contributed by atoms with Gasteiger partial charge in [-0.05, 0) is 35.6 Å². The number of hydrogen-bond acceptors (Lipinski definition) is 2. The first-order chi connectivity index (χ1) is 12.9. The number of amides is 1. The Hall–Kier alpha value is -2.50. The van der Waals surface area contributed by atoms with Crippen molar-refractivity contribution in [2.45, 2.75) is 38.8 Å². The SMILES string of the molecule is CCCCNC(=O)OCCc1ccc(Cc2cccc(C(F)(F)F)c2)cc1. The molecule has 2 rings (SSSR count). The van der Waals surface area contributed by atoms with Gasteiger partial charge in [0.05, 0.1) is 12.2 Å². The van der Waals surface area contributed by atoms with Crippen LogP contribution in [-0.2, 0) is 23.8 Å². The van der Waals surface area contributed by atoms with E-state index in [1.54, 1.807) is 6.07 Å². The van der Waals surface area contributed by atoms with Crippen molar-refractivity contribution in [2.75, 3.05) is 13.2 Å². The van der Waals surface area contributed by atoms with Crippen LogP contribution in [0.2, 0.25) is 0 Å². The second-order valence-electron chi connectivity index (χ2n) is 6.36. The van der Waals surface area contributed by atoms with Gasteiger partial charge in [0.25, 0.3) is 0 Å². The first kappa shape index (κ1) is 20.8. The maximum atomic E-state index is 12.8. The second kappa shape index (κ2) is 10.00. The van der Waals surface area contributed by atoms with E-state index < -0.39 is 17.8 Å². The molecule has 0 spiro atoms. The lowest BCUT2D eigenvalue weighted by Gasteiger charge is -2.09. The van der Waals surface area contributed by atoms with E-state index in [9.17, 15) is 18.0 Å². The Morgan fingerprint density at radius 2 is 1.74 bits per heavy atom. The number of benzene rings is 2. The first-order valence-corrected chi connectivity index (χ1v) is 9.03. The standard InChI is InChI=1S/C21H24F3NO2/c1-2-3-12-25-20(26)27-13-11-16-7-9-17(10-8-16)14-18-5-4-6-19(15-18)21(22,23)24/h4-10,15H,2-3,11-14H2,1H3,(H,25,26). The Bertz CT molecular complexity index is 727. The van der Waals surface area contributed by atoms with E-state index in [0.717, 1.165) is 30.0 Å². The molecule has 27 heavy (non-hydrogen) atoms. The van der Waals surface area contributed by atoms with Crippen LogP contribution in [0, 0.1) is 0 Å². The molecule has 0 aliphatic carbocycles. The molecule has 0 radical (unpaired) electrons. The highest BCUT2D eigenvalue weighted by Crippen LogP contribution is 2.30. The zero-order valence-electron chi connectivity index (χ0n) is 15.3. The van der Waals surface area contributed by atoms with Gasteiger partial charge in [0.15, 0.2) is 0 Å². The van der Waals surface area contributed by atoms with Crippen molar-refractivity contribution in [3.05, 3.63) is 70.8 Å². The number of ether oxygens (including phenoxy) is 1. The second-order valence-corrected chi connectivity index (χ2v) is 6.36. The van der Waals surface area contributed by atoms with Crippen LogP contribution in [0.1, 0.15) is 42.0 Å². The summed E-state index contributed by atoms with van der Waals surface area (Å²) in [4.78, 5) is 11.5. The third kappa shape index (κ3) is 7.33. The number of unbranched alkanes of at least 4 members (excludes halogenated alkanes) is 1. The van der Waals surface area contributed by atoms with Crippen molar-refractivity contribution in [2.24, 2.45) is 0 Å². The minimum atomic E-state index is -4.33. The predicted octanol–water partition coefficient (Wildman–Crippen LogP) is 5.37. The van der Waals surface area contributed by atoms with Crippen LogP contribution in [0.3, 0.4) is 0 Å². The molecule has 0 saturated carbocycles. The van der Waals surface area contributed by atoms with Crippen LogP contribution < -0.4 is 5.32 Å². The Morgan fingerprint density at radius 3 is 2.41 bits per heavy atom. The third-order valence-corrected chi connectivity index (χ3v) is 4.11. The number of alkyl halides is 3. The van der Waals surface area contributed by atoms with Gasteiger partial charge in [-0.3, -0.25) is 0 Å². The zero-order chi connectivity index (χ0) is 19.7. The highest BCUT2D eigenvalue weighted by atomic mass is 19.4. The average molecular weight is 379 g/mol. The van der Waals surface area contributed by atoms with E-state index in [4.69, 9.17) is 4.74 Å². The van der Waals surface area contributed by atoms with Crippen LogP contribution in [0.25, 0.3) is 0 Å². The Balaban J connectivity index is 1.82. The smallest absolute Gasteiger partial charge is 0.416 e. The molecule has 0 saturated heterocycles. The molecule has 1 N–H and O–H groups in total.